The van der Waals surface area contributed by atoms with Gasteiger partial charge in [-0.25, -0.2) is 0 Å². The molecule has 0 spiro atoms. The van der Waals surface area contributed by atoms with E-state index in [1.165, 1.54) is 31.3 Å². The van der Waals surface area contributed by atoms with Gasteiger partial charge in [0.15, 0.2) is 0 Å². The topological polar surface area (TPSA) is 52.9 Å². The Hall–Kier alpha value is -1.30. The molecule has 2 rings (SSSR count). The first-order valence-corrected chi connectivity index (χ1v) is 7.64. The Labute approximate surface area is 116 Å². The number of hydrogen-bond donors (Lipinski definition) is 1. The molecule has 1 saturated carbocycles. The Morgan fingerprint density at radius 3 is 2.68 bits per heavy atom. The van der Waals surface area contributed by atoms with Gasteiger partial charge in [-0.1, -0.05) is 30.9 Å². The average Bonchev–Trinajstić information content (AvgIpc) is 2.49. The highest BCUT2D eigenvalue weighted by Crippen LogP contribution is 2.35. The van der Waals surface area contributed by atoms with Crippen LogP contribution in [0.15, 0.2) is 11.6 Å². The fourth-order valence-electron chi connectivity index (χ4n) is 3.18. The van der Waals surface area contributed by atoms with E-state index < -0.39 is 5.41 Å². The SMILES string of the molecule is N#CC1(C(=O)NCCC2=CCCCC2)CCCCC1. The number of nitriles is 1. The average molecular weight is 260 g/mol. The Morgan fingerprint density at radius 1 is 1.26 bits per heavy atom. The standard InChI is InChI=1S/C16H24N2O/c17-13-16(10-5-2-6-11-16)15(19)18-12-9-14-7-3-1-4-8-14/h7H,1-6,8-12H2,(H,18,19). The van der Waals surface area contributed by atoms with E-state index in [-0.39, 0.29) is 5.91 Å². The van der Waals surface area contributed by atoms with E-state index in [1.807, 2.05) is 0 Å². The minimum absolute atomic E-state index is 0.0360. The third kappa shape index (κ3) is 3.59. The molecule has 1 N–H and O–H groups in total. The molecule has 1 amide bonds. The summed E-state index contributed by atoms with van der Waals surface area (Å²) in [5, 5.41) is 12.3. The first kappa shape index (κ1) is 14.1. The molecule has 0 heterocycles. The number of hydrogen-bond acceptors (Lipinski definition) is 2. The summed E-state index contributed by atoms with van der Waals surface area (Å²) in [5.41, 5.74) is 0.736. The van der Waals surface area contributed by atoms with Gasteiger partial charge in [-0.05, 0) is 44.9 Å². The highest BCUT2D eigenvalue weighted by Gasteiger charge is 2.39. The number of nitrogens with one attached hydrogen (secondary N) is 1. The number of amides is 1. The third-order valence-corrected chi connectivity index (χ3v) is 4.47. The van der Waals surface area contributed by atoms with Crippen LogP contribution in [0, 0.1) is 16.7 Å². The molecule has 0 unspecified atom stereocenters. The minimum Gasteiger partial charge on any atom is -0.354 e. The van der Waals surface area contributed by atoms with E-state index in [0.717, 1.165) is 38.5 Å². The molecule has 104 valence electrons. The molecule has 0 aromatic rings. The van der Waals surface area contributed by atoms with Gasteiger partial charge in [0.05, 0.1) is 6.07 Å². The van der Waals surface area contributed by atoms with Crippen LogP contribution in [-0.4, -0.2) is 12.5 Å². The van der Waals surface area contributed by atoms with Crippen LogP contribution in [0.2, 0.25) is 0 Å². The van der Waals surface area contributed by atoms with Crippen molar-refractivity contribution in [2.75, 3.05) is 6.54 Å². The molecule has 3 nitrogen and oxygen atoms in total. The van der Waals surface area contributed by atoms with E-state index >= 15 is 0 Å². The molecular formula is C16H24N2O. The summed E-state index contributed by atoms with van der Waals surface area (Å²) in [4.78, 5) is 12.2. The number of carbonyl (C=O) groups excluding carboxylic acids is 1. The zero-order valence-electron chi connectivity index (χ0n) is 11.7. The number of allylic oxidation sites excluding steroid dienone is 1. The van der Waals surface area contributed by atoms with E-state index in [0.29, 0.717) is 6.54 Å². The summed E-state index contributed by atoms with van der Waals surface area (Å²) in [6, 6.07) is 2.28. The van der Waals surface area contributed by atoms with Gasteiger partial charge in [-0.15, -0.1) is 0 Å². The number of carbonyl (C=O) groups is 1. The normalized spacial score (nSPS) is 22.2. The molecule has 0 aliphatic heterocycles. The molecule has 0 saturated heterocycles. The first-order valence-electron chi connectivity index (χ1n) is 7.64. The van der Waals surface area contributed by atoms with Gasteiger partial charge in [-0.2, -0.15) is 5.26 Å². The largest absolute Gasteiger partial charge is 0.354 e. The fraction of sp³-hybridized carbons (Fsp3) is 0.750. The molecule has 0 bridgehead atoms. The van der Waals surface area contributed by atoms with Crippen LogP contribution in [0.5, 0.6) is 0 Å². The van der Waals surface area contributed by atoms with Crippen LogP contribution in [0.4, 0.5) is 0 Å². The maximum Gasteiger partial charge on any atom is 0.240 e. The van der Waals surface area contributed by atoms with Crippen LogP contribution in [0.1, 0.15) is 64.2 Å². The van der Waals surface area contributed by atoms with Crippen molar-refractivity contribution in [3.05, 3.63) is 11.6 Å². The molecule has 2 aliphatic rings. The van der Waals surface area contributed by atoms with Gasteiger partial charge < -0.3 is 5.32 Å². The maximum atomic E-state index is 12.2. The molecule has 0 radical (unpaired) electrons. The monoisotopic (exact) mass is 260 g/mol. The van der Waals surface area contributed by atoms with Crippen molar-refractivity contribution in [1.82, 2.24) is 5.32 Å². The van der Waals surface area contributed by atoms with Gasteiger partial charge in [0.2, 0.25) is 5.91 Å². The lowest BCUT2D eigenvalue weighted by atomic mass is 9.74. The van der Waals surface area contributed by atoms with Gasteiger partial charge in [0.25, 0.3) is 0 Å². The third-order valence-electron chi connectivity index (χ3n) is 4.47. The van der Waals surface area contributed by atoms with Gasteiger partial charge in [0.1, 0.15) is 5.41 Å². The van der Waals surface area contributed by atoms with Crippen molar-refractivity contribution < 1.29 is 4.79 Å². The van der Waals surface area contributed by atoms with Crippen LogP contribution in [-0.2, 0) is 4.79 Å². The van der Waals surface area contributed by atoms with Crippen LogP contribution >= 0.6 is 0 Å². The van der Waals surface area contributed by atoms with Crippen molar-refractivity contribution in [2.24, 2.45) is 5.41 Å². The molecule has 2 aliphatic carbocycles. The fourth-order valence-corrected chi connectivity index (χ4v) is 3.18. The lowest BCUT2D eigenvalue weighted by molar-refractivity contribution is -0.129. The quantitative estimate of drug-likeness (QED) is 0.787. The van der Waals surface area contributed by atoms with Crippen LogP contribution < -0.4 is 5.32 Å². The van der Waals surface area contributed by atoms with Gasteiger partial charge in [-0.3, -0.25) is 4.79 Å². The summed E-state index contributed by atoms with van der Waals surface area (Å²) in [6.45, 7) is 0.689. The second-order valence-electron chi connectivity index (χ2n) is 5.87. The van der Waals surface area contributed by atoms with Crippen LogP contribution in [0.25, 0.3) is 0 Å². The Balaban J connectivity index is 1.80. The summed E-state index contributed by atoms with van der Waals surface area (Å²) < 4.78 is 0. The Kier molecular flexibility index (Phi) is 5.01. The van der Waals surface area contributed by atoms with Crippen LogP contribution in [0.3, 0.4) is 0 Å². The zero-order valence-corrected chi connectivity index (χ0v) is 11.7. The van der Waals surface area contributed by atoms with Crippen molar-refractivity contribution in [3.8, 4) is 6.07 Å². The van der Waals surface area contributed by atoms with Gasteiger partial charge >= 0.3 is 0 Å². The predicted octanol–water partition coefficient (Wildman–Crippen LogP) is 3.47. The summed E-state index contributed by atoms with van der Waals surface area (Å²) in [5.74, 6) is -0.0360. The zero-order chi connectivity index (χ0) is 13.6. The molecule has 3 heteroatoms. The molecule has 0 aromatic heterocycles. The van der Waals surface area contributed by atoms with Crippen molar-refractivity contribution in [2.45, 2.75) is 64.2 Å². The summed E-state index contributed by atoms with van der Waals surface area (Å²) >= 11 is 0. The van der Waals surface area contributed by atoms with E-state index in [4.69, 9.17) is 0 Å². The number of rotatable bonds is 4. The minimum atomic E-state index is -0.737. The predicted molar refractivity (Wildman–Crippen MR) is 75.3 cm³/mol. The highest BCUT2D eigenvalue weighted by atomic mass is 16.2. The molecule has 1 fully saturated rings. The molecule has 19 heavy (non-hydrogen) atoms. The maximum absolute atomic E-state index is 12.2. The van der Waals surface area contributed by atoms with E-state index in [9.17, 15) is 10.1 Å². The molecule has 0 atom stereocenters. The van der Waals surface area contributed by atoms with Crippen molar-refractivity contribution >= 4 is 5.91 Å². The highest BCUT2D eigenvalue weighted by molar-refractivity contribution is 5.85. The summed E-state index contributed by atoms with van der Waals surface area (Å²) in [6.07, 6.45) is 12.8. The molecule has 0 aromatic carbocycles. The van der Waals surface area contributed by atoms with E-state index in [2.05, 4.69) is 17.5 Å². The lowest BCUT2D eigenvalue weighted by Crippen LogP contribution is -2.41. The Bertz CT molecular complexity index is 386. The number of nitrogens with zero attached hydrogens (tertiary/aromatic N) is 1. The smallest absolute Gasteiger partial charge is 0.240 e. The first-order chi connectivity index (χ1) is 9.27. The second kappa shape index (κ2) is 6.75. The molecular weight excluding hydrogens is 236 g/mol. The Morgan fingerprint density at radius 2 is 2.05 bits per heavy atom. The van der Waals surface area contributed by atoms with Crippen molar-refractivity contribution in [1.29, 1.82) is 5.26 Å². The van der Waals surface area contributed by atoms with Crippen molar-refractivity contribution in [3.63, 3.8) is 0 Å². The summed E-state index contributed by atoms with van der Waals surface area (Å²) in [7, 11) is 0. The lowest BCUT2D eigenvalue weighted by Gasteiger charge is -2.29. The van der Waals surface area contributed by atoms with Gasteiger partial charge in [0, 0.05) is 6.54 Å². The van der Waals surface area contributed by atoms with E-state index in [1.54, 1.807) is 0 Å². The second-order valence-corrected chi connectivity index (χ2v) is 5.87.